The molecule has 4 aromatic rings. The molecule has 5 heterocycles. The monoisotopic (exact) mass is 513 g/mol. The quantitative estimate of drug-likeness (QED) is 0.349. The van der Waals surface area contributed by atoms with Crippen LogP contribution in [-0.4, -0.2) is 68.0 Å². The van der Waals surface area contributed by atoms with E-state index >= 15 is 0 Å². The summed E-state index contributed by atoms with van der Waals surface area (Å²) in [6.45, 7) is 5.56. The molecular formula is C27H31N9O2. The standard InChI is InChI=1S/C27H31N9O2/c1-27(2,16-28)17-30-26(37)19-5-6-23(29-13-19)32-24-12-21-11-18(7-10-36(21)33-24)25-22(14-31-35(25)4)38-15-20-8-9-34(20)3/h5-7,10-14,20H,8-9,15,17H2,1-4H3,(H,30,37)(H,29,32,33)/t20-/m1/s1. The third-order valence-corrected chi connectivity index (χ3v) is 6.79. The van der Waals surface area contributed by atoms with Gasteiger partial charge in [-0.15, -0.1) is 0 Å². The Labute approximate surface area is 221 Å². The average molecular weight is 514 g/mol. The molecule has 38 heavy (non-hydrogen) atoms. The summed E-state index contributed by atoms with van der Waals surface area (Å²) in [6, 6.07) is 12.0. The maximum Gasteiger partial charge on any atom is 0.252 e. The number of nitriles is 1. The number of carbonyl (C=O) groups excluding carboxylic acids is 1. The summed E-state index contributed by atoms with van der Waals surface area (Å²) in [5, 5.41) is 24.1. The van der Waals surface area contributed by atoms with Crippen LogP contribution in [0.5, 0.6) is 5.75 Å². The minimum absolute atomic E-state index is 0.260. The lowest BCUT2D eigenvalue weighted by Crippen LogP contribution is -2.48. The Morgan fingerprint density at radius 1 is 1.21 bits per heavy atom. The first-order valence-electron chi connectivity index (χ1n) is 12.5. The van der Waals surface area contributed by atoms with Gasteiger partial charge in [0.05, 0.1) is 28.8 Å². The number of likely N-dealkylation sites (N-methyl/N-ethyl adjacent to an activating group) is 1. The van der Waals surface area contributed by atoms with Crippen molar-refractivity contribution in [1.82, 2.24) is 34.6 Å². The van der Waals surface area contributed by atoms with Crippen LogP contribution in [0.25, 0.3) is 16.8 Å². The predicted molar refractivity (Wildman–Crippen MR) is 143 cm³/mol. The molecule has 1 saturated heterocycles. The second kappa shape index (κ2) is 10.1. The molecule has 5 rings (SSSR count). The van der Waals surface area contributed by atoms with Crippen LogP contribution in [0.1, 0.15) is 30.6 Å². The number of carbonyl (C=O) groups is 1. The highest BCUT2D eigenvalue weighted by Gasteiger charge is 2.25. The van der Waals surface area contributed by atoms with Gasteiger partial charge in [0.1, 0.15) is 18.1 Å². The van der Waals surface area contributed by atoms with Gasteiger partial charge in [0.2, 0.25) is 0 Å². The lowest BCUT2D eigenvalue weighted by molar-refractivity contribution is 0.0771. The molecule has 11 heteroatoms. The number of fused-ring (bicyclic) bond motifs is 1. The third-order valence-electron chi connectivity index (χ3n) is 6.79. The first-order chi connectivity index (χ1) is 18.2. The number of anilines is 2. The second-order valence-corrected chi connectivity index (χ2v) is 10.3. The summed E-state index contributed by atoms with van der Waals surface area (Å²) >= 11 is 0. The largest absolute Gasteiger partial charge is 0.488 e. The number of ether oxygens (including phenoxy) is 1. The Bertz CT molecular complexity index is 1500. The van der Waals surface area contributed by atoms with Crippen molar-refractivity contribution >= 4 is 23.1 Å². The number of amides is 1. The number of aryl methyl sites for hydroxylation is 1. The molecule has 1 fully saturated rings. The van der Waals surface area contributed by atoms with Crippen LogP contribution in [-0.2, 0) is 7.05 Å². The highest BCUT2D eigenvalue weighted by atomic mass is 16.5. The van der Waals surface area contributed by atoms with E-state index in [4.69, 9.17) is 10.00 Å². The molecule has 2 N–H and O–H groups in total. The summed E-state index contributed by atoms with van der Waals surface area (Å²) in [6.07, 6.45) is 6.31. The van der Waals surface area contributed by atoms with E-state index in [2.05, 4.69) is 43.8 Å². The predicted octanol–water partition coefficient (Wildman–Crippen LogP) is 3.24. The van der Waals surface area contributed by atoms with Gasteiger partial charge >= 0.3 is 0 Å². The zero-order valence-electron chi connectivity index (χ0n) is 22.0. The maximum absolute atomic E-state index is 12.4. The van der Waals surface area contributed by atoms with Crippen LogP contribution in [0, 0.1) is 16.7 Å². The highest BCUT2D eigenvalue weighted by molar-refractivity contribution is 5.94. The van der Waals surface area contributed by atoms with E-state index in [1.165, 1.54) is 6.20 Å². The molecule has 1 atom stereocenters. The van der Waals surface area contributed by atoms with Gasteiger partial charge in [-0.25, -0.2) is 9.50 Å². The fourth-order valence-electron chi connectivity index (χ4n) is 4.20. The number of pyridine rings is 2. The summed E-state index contributed by atoms with van der Waals surface area (Å²) < 4.78 is 9.74. The molecule has 1 aliphatic rings. The fraction of sp³-hybridized carbons (Fsp3) is 0.370. The SMILES string of the molecule is CN1CC[C@@H]1COc1cnn(C)c1-c1ccn2nc(Nc3ccc(C(=O)NCC(C)(C)C#N)cn3)cc2c1. The van der Waals surface area contributed by atoms with Crippen molar-refractivity contribution in [2.45, 2.75) is 26.3 Å². The normalized spacial score (nSPS) is 15.6. The van der Waals surface area contributed by atoms with Gasteiger partial charge in [0.25, 0.3) is 5.91 Å². The average Bonchev–Trinajstić information content (AvgIpc) is 3.48. The van der Waals surface area contributed by atoms with E-state index in [1.54, 1.807) is 36.7 Å². The molecular weight excluding hydrogens is 482 g/mol. The molecule has 0 spiro atoms. The number of hydrogen-bond donors (Lipinski definition) is 2. The van der Waals surface area contributed by atoms with Crippen molar-refractivity contribution in [3.05, 3.63) is 54.5 Å². The molecule has 0 bridgehead atoms. The number of nitrogens with zero attached hydrogens (tertiary/aromatic N) is 7. The molecule has 0 aliphatic carbocycles. The third kappa shape index (κ3) is 5.31. The molecule has 1 amide bonds. The van der Waals surface area contributed by atoms with E-state index in [-0.39, 0.29) is 12.5 Å². The molecule has 0 saturated carbocycles. The fourth-order valence-corrected chi connectivity index (χ4v) is 4.20. The highest BCUT2D eigenvalue weighted by Crippen LogP contribution is 2.31. The Balaban J connectivity index is 1.27. The van der Waals surface area contributed by atoms with Crippen LogP contribution in [0.4, 0.5) is 11.6 Å². The number of aromatic nitrogens is 5. The Morgan fingerprint density at radius 3 is 2.74 bits per heavy atom. The first-order valence-corrected chi connectivity index (χ1v) is 12.5. The molecule has 0 aromatic carbocycles. The van der Waals surface area contributed by atoms with Gasteiger partial charge in [0, 0.05) is 43.7 Å². The second-order valence-electron chi connectivity index (χ2n) is 10.3. The zero-order chi connectivity index (χ0) is 26.9. The van der Waals surface area contributed by atoms with Gasteiger partial charge < -0.3 is 15.4 Å². The van der Waals surface area contributed by atoms with E-state index in [0.29, 0.717) is 29.8 Å². The van der Waals surface area contributed by atoms with Crippen molar-refractivity contribution in [1.29, 1.82) is 5.26 Å². The van der Waals surface area contributed by atoms with Gasteiger partial charge in [-0.05, 0) is 58.1 Å². The summed E-state index contributed by atoms with van der Waals surface area (Å²) in [7, 11) is 4.02. The van der Waals surface area contributed by atoms with Crippen molar-refractivity contribution < 1.29 is 9.53 Å². The van der Waals surface area contributed by atoms with E-state index in [0.717, 1.165) is 35.5 Å². The van der Waals surface area contributed by atoms with Crippen LogP contribution in [0.2, 0.25) is 0 Å². The minimum atomic E-state index is -0.633. The topological polar surface area (TPSA) is 125 Å². The Hall–Kier alpha value is -4.43. The van der Waals surface area contributed by atoms with Crippen molar-refractivity contribution in [3.8, 4) is 23.1 Å². The Morgan fingerprint density at radius 2 is 2.05 bits per heavy atom. The minimum Gasteiger partial charge on any atom is -0.488 e. The van der Waals surface area contributed by atoms with Crippen LogP contribution in [0.15, 0.2) is 48.9 Å². The first kappa shape index (κ1) is 25.2. The van der Waals surface area contributed by atoms with E-state index in [9.17, 15) is 4.79 Å². The zero-order valence-corrected chi connectivity index (χ0v) is 22.0. The number of hydrogen-bond acceptors (Lipinski definition) is 8. The lowest BCUT2D eigenvalue weighted by atomic mass is 9.96. The van der Waals surface area contributed by atoms with Crippen molar-refractivity contribution in [2.75, 3.05) is 32.1 Å². The van der Waals surface area contributed by atoms with Gasteiger partial charge in [-0.2, -0.15) is 15.5 Å². The van der Waals surface area contributed by atoms with Crippen LogP contribution < -0.4 is 15.4 Å². The maximum atomic E-state index is 12.4. The van der Waals surface area contributed by atoms with Gasteiger partial charge in [-0.1, -0.05) is 0 Å². The summed E-state index contributed by atoms with van der Waals surface area (Å²) in [5.74, 6) is 1.67. The molecule has 1 aliphatic heterocycles. The van der Waals surface area contributed by atoms with Crippen LogP contribution >= 0.6 is 0 Å². The van der Waals surface area contributed by atoms with Crippen molar-refractivity contribution in [2.24, 2.45) is 12.5 Å². The van der Waals surface area contributed by atoms with Crippen LogP contribution in [0.3, 0.4) is 0 Å². The number of rotatable bonds is 9. The van der Waals surface area contributed by atoms with E-state index in [1.807, 2.05) is 36.1 Å². The van der Waals surface area contributed by atoms with Gasteiger partial charge in [-0.3, -0.25) is 14.4 Å². The van der Waals surface area contributed by atoms with Crippen molar-refractivity contribution in [3.63, 3.8) is 0 Å². The molecule has 196 valence electrons. The summed E-state index contributed by atoms with van der Waals surface area (Å²) in [5.41, 5.74) is 2.58. The number of nitrogens with one attached hydrogen (secondary N) is 2. The molecule has 11 nitrogen and oxygen atoms in total. The molecule has 0 unspecified atom stereocenters. The smallest absolute Gasteiger partial charge is 0.252 e. The molecule has 4 aromatic heterocycles. The Kier molecular flexibility index (Phi) is 6.73. The van der Waals surface area contributed by atoms with Gasteiger partial charge in [0.15, 0.2) is 11.6 Å². The number of likely N-dealkylation sites (tertiary alicyclic amines) is 1. The lowest BCUT2D eigenvalue weighted by Gasteiger charge is -2.37. The summed E-state index contributed by atoms with van der Waals surface area (Å²) in [4.78, 5) is 19.0. The molecule has 0 radical (unpaired) electrons. The van der Waals surface area contributed by atoms with E-state index < -0.39 is 5.41 Å².